The molecule has 0 spiro atoms. The highest BCUT2D eigenvalue weighted by atomic mass is 16.3. The average Bonchev–Trinajstić information content (AvgIpc) is 2.76. The summed E-state index contributed by atoms with van der Waals surface area (Å²) >= 11 is 0. The number of aliphatic hydroxyl groups excluding tert-OH is 1. The molecule has 1 aromatic rings. The van der Waals surface area contributed by atoms with Gasteiger partial charge < -0.3 is 10.4 Å². The first-order valence-corrected chi connectivity index (χ1v) is 6.28. The Morgan fingerprint density at radius 2 is 2.12 bits per heavy atom. The van der Waals surface area contributed by atoms with E-state index < -0.39 is 0 Å². The number of hydrogen-bond donors (Lipinski definition) is 2. The minimum atomic E-state index is -0.0787. The van der Waals surface area contributed by atoms with Gasteiger partial charge in [-0.2, -0.15) is 0 Å². The minimum absolute atomic E-state index is 0.0753. The summed E-state index contributed by atoms with van der Waals surface area (Å²) in [4.78, 5) is 11.1. The number of nitrogens with one attached hydrogen (secondary N) is 1. The lowest BCUT2D eigenvalue weighted by Crippen LogP contribution is -2.26. The second kappa shape index (κ2) is 5.82. The summed E-state index contributed by atoms with van der Waals surface area (Å²) in [5.41, 5.74) is 4.25. The third kappa shape index (κ3) is 3.30. The Morgan fingerprint density at radius 1 is 1.29 bits per heavy atom. The van der Waals surface area contributed by atoms with E-state index in [1.54, 1.807) is 0 Å². The second-order valence-corrected chi connectivity index (χ2v) is 4.53. The fraction of sp³-hybridized carbons (Fsp3) is 0.500. The molecule has 0 saturated carbocycles. The summed E-state index contributed by atoms with van der Waals surface area (Å²) < 4.78 is 0. The molecular formula is C14H19NO2. The van der Waals surface area contributed by atoms with E-state index in [0.29, 0.717) is 6.54 Å². The molecule has 0 heterocycles. The standard InChI is InChI=1S/C14H19NO2/c16-9-7-14(17)15-8-6-11-4-5-12-2-1-3-13(12)10-11/h4-5,10,16H,1-3,6-9H2,(H,15,17). The molecule has 0 fully saturated rings. The predicted molar refractivity (Wildman–Crippen MR) is 66.9 cm³/mol. The molecule has 1 aromatic carbocycles. The van der Waals surface area contributed by atoms with Crippen LogP contribution in [0.2, 0.25) is 0 Å². The number of aliphatic hydroxyl groups is 1. The number of benzene rings is 1. The van der Waals surface area contributed by atoms with E-state index in [0.717, 1.165) is 6.42 Å². The number of amides is 1. The lowest BCUT2D eigenvalue weighted by Gasteiger charge is -2.06. The van der Waals surface area contributed by atoms with E-state index in [-0.39, 0.29) is 18.9 Å². The zero-order chi connectivity index (χ0) is 12.1. The average molecular weight is 233 g/mol. The predicted octanol–water partition coefficient (Wildman–Crippen LogP) is 1.22. The van der Waals surface area contributed by atoms with Gasteiger partial charge in [0.05, 0.1) is 6.61 Å². The quantitative estimate of drug-likeness (QED) is 0.803. The van der Waals surface area contributed by atoms with Gasteiger partial charge >= 0.3 is 0 Å². The molecule has 0 atom stereocenters. The molecule has 0 saturated heterocycles. The van der Waals surface area contributed by atoms with Crippen LogP contribution in [0.3, 0.4) is 0 Å². The van der Waals surface area contributed by atoms with Crippen molar-refractivity contribution in [3.8, 4) is 0 Å². The van der Waals surface area contributed by atoms with Gasteiger partial charge in [-0.3, -0.25) is 4.79 Å². The number of carbonyl (C=O) groups is 1. The second-order valence-electron chi connectivity index (χ2n) is 4.53. The maximum atomic E-state index is 11.1. The van der Waals surface area contributed by atoms with Gasteiger partial charge in [0.15, 0.2) is 0 Å². The molecule has 2 N–H and O–H groups in total. The summed E-state index contributed by atoms with van der Waals surface area (Å²) in [6.45, 7) is 0.572. The molecule has 3 heteroatoms. The molecule has 17 heavy (non-hydrogen) atoms. The van der Waals surface area contributed by atoms with Crippen LogP contribution >= 0.6 is 0 Å². The first-order valence-electron chi connectivity index (χ1n) is 6.28. The van der Waals surface area contributed by atoms with E-state index in [4.69, 9.17) is 5.11 Å². The Morgan fingerprint density at radius 3 is 2.94 bits per heavy atom. The summed E-state index contributed by atoms with van der Waals surface area (Å²) in [6, 6.07) is 6.64. The van der Waals surface area contributed by atoms with Crippen LogP contribution in [0.4, 0.5) is 0 Å². The zero-order valence-electron chi connectivity index (χ0n) is 10.0. The van der Waals surface area contributed by atoms with Crippen LogP contribution in [0.15, 0.2) is 18.2 Å². The van der Waals surface area contributed by atoms with Crippen molar-refractivity contribution in [1.82, 2.24) is 5.32 Å². The van der Waals surface area contributed by atoms with Crippen molar-refractivity contribution in [3.05, 3.63) is 34.9 Å². The van der Waals surface area contributed by atoms with Crippen LogP contribution in [-0.2, 0) is 24.1 Å². The molecule has 0 radical (unpaired) electrons. The van der Waals surface area contributed by atoms with Crippen LogP contribution in [-0.4, -0.2) is 24.2 Å². The van der Waals surface area contributed by atoms with Crippen molar-refractivity contribution in [3.63, 3.8) is 0 Å². The number of aryl methyl sites for hydroxylation is 2. The summed E-state index contributed by atoms with van der Waals surface area (Å²) in [5.74, 6) is -0.0753. The van der Waals surface area contributed by atoms with Gasteiger partial charge in [-0.15, -0.1) is 0 Å². The minimum Gasteiger partial charge on any atom is -0.396 e. The van der Waals surface area contributed by atoms with Gasteiger partial charge in [0, 0.05) is 13.0 Å². The Labute approximate surface area is 102 Å². The third-order valence-electron chi connectivity index (χ3n) is 3.24. The zero-order valence-corrected chi connectivity index (χ0v) is 10.0. The Bertz CT molecular complexity index is 401. The molecule has 1 aliphatic rings. The largest absolute Gasteiger partial charge is 0.396 e. The third-order valence-corrected chi connectivity index (χ3v) is 3.24. The molecule has 3 nitrogen and oxygen atoms in total. The van der Waals surface area contributed by atoms with E-state index in [1.165, 1.54) is 36.0 Å². The van der Waals surface area contributed by atoms with Crippen LogP contribution in [0.5, 0.6) is 0 Å². The van der Waals surface area contributed by atoms with Crippen molar-refractivity contribution in [2.45, 2.75) is 32.1 Å². The molecule has 0 unspecified atom stereocenters. The van der Waals surface area contributed by atoms with Crippen molar-refractivity contribution in [2.75, 3.05) is 13.2 Å². The van der Waals surface area contributed by atoms with E-state index in [9.17, 15) is 4.79 Å². The first-order chi connectivity index (χ1) is 8.29. The molecule has 1 amide bonds. The highest BCUT2D eigenvalue weighted by Gasteiger charge is 2.10. The van der Waals surface area contributed by atoms with Crippen molar-refractivity contribution in [2.24, 2.45) is 0 Å². The van der Waals surface area contributed by atoms with Crippen molar-refractivity contribution >= 4 is 5.91 Å². The molecule has 1 aliphatic carbocycles. The van der Waals surface area contributed by atoms with E-state index >= 15 is 0 Å². The monoisotopic (exact) mass is 233 g/mol. The van der Waals surface area contributed by atoms with E-state index in [1.807, 2.05) is 0 Å². The molecule has 2 rings (SSSR count). The fourth-order valence-electron chi connectivity index (χ4n) is 2.32. The molecule has 0 bridgehead atoms. The Balaban J connectivity index is 1.81. The summed E-state index contributed by atoms with van der Waals surface area (Å²) in [5, 5.41) is 11.4. The van der Waals surface area contributed by atoms with Gasteiger partial charge in [0.25, 0.3) is 0 Å². The molecule has 92 valence electrons. The Hall–Kier alpha value is -1.35. The van der Waals surface area contributed by atoms with Gasteiger partial charge in [0.1, 0.15) is 0 Å². The van der Waals surface area contributed by atoms with E-state index in [2.05, 4.69) is 23.5 Å². The molecule has 0 aliphatic heterocycles. The number of hydrogen-bond acceptors (Lipinski definition) is 2. The lowest BCUT2D eigenvalue weighted by molar-refractivity contribution is -0.121. The van der Waals surface area contributed by atoms with Gasteiger partial charge in [-0.1, -0.05) is 18.2 Å². The molecular weight excluding hydrogens is 214 g/mol. The van der Waals surface area contributed by atoms with Crippen LogP contribution in [0.25, 0.3) is 0 Å². The topological polar surface area (TPSA) is 49.3 Å². The summed E-state index contributed by atoms with van der Waals surface area (Å²) in [7, 11) is 0. The van der Waals surface area contributed by atoms with Crippen molar-refractivity contribution < 1.29 is 9.90 Å². The number of fused-ring (bicyclic) bond motifs is 1. The maximum Gasteiger partial charge on any atom is 0.222 e. The molecule has 0 aromatic heterocycles. The van der Waals surface area contributed by atoms with Gasteiger partial charge in [-0.05, 0) is 42.4 Å². The first kappa shape index (κ1) is 12.1. The smallest absolute Gasteiger partial charge is 0.222 e. The highest BCUT2D eigenvalue weighted by molar-refractivity contribution is 5.75. The van der Waals surface area contributed by atoms with Gasteiger partial charge in [0.2, 0.25) is 5.91 Å². The number of rotatable bonds is 5. The summed E-state index contributed by atoms with van der Waals surface area (Å²) in [6.07, 6.45) is 4.74. The highest BCUT2D eigenvalue weighted by Crippen LogP contribution is 2.22. The van der Waals surface area contributed by atoms with Crippen LogP contribution in [0, 0.1) is 0 Å². The maximum absolute atomic E-state index is 11.1. The van der Waals surface area contributed by atoms with Gasteiger partial charge in [-0.25, -0.2) is 0 Å². The Kier molecular flexibility index (Phi) is 4.15. The van der Waals surface area contributed by atoms with Crippen molar-refractivity contribution in [1.29, 1.82) is 0 Å². The SMILES string of the molecule is O=C(CCO)NCCc1ccc2c(c1)CCC2. The van der Waals surface area contributed by atoms with Crippen LogP contribution < -0.4 is 5.32 Å². The fourth-order valence-corrected chi connectivity index (χ4v) is 2.32. The lowest BCUT2D eigenvalue weighted by atomic mass is 10.0. The normalized spacial score (nSPS) is 13.5. The van der Waals surface area contributed by atoms with Crippen LogP contribution in [0.1, 0.15) is 29.5 Å². The number of carbonyl (C=O) groups excluding carboxylic acids is 1.